The number of aryl methyl sites for hydroxylation is 1. The number of aliphatic hydroxyl groups excluding tert-OH is 1. The maximum Gasteiger partial charge on any atom is 0.131 e. The minimum absolute atomic E-state index is 0.220. The molecule has 1 heterocycles. The average Bonchev–Trinajstić information content (AvgIpc) is 2.12. The minimum atomic E-state index is -0.388. The van der Waals surface area contributed by atoms with Gasteiger partial charge in [-0.05, 0) is 12.8 Å². The summed E-state index contributed by atoms with van der Waals surface area (Å²) in [4.78, 5) is 8.11. The first-order valence-corrected chi connectivity index (χ1v) is 5.02. The van der Waals surface area contributed by atoms with Crippen molar-refractivity contribution in [2.45, 2.75) is 26.9 Å². The molecule has 1 unspecified atom stereocenters. The Morgan fingerprint density at radius 2 is 2.13 bits per heavy atom. The van der Waals surface area contributed by atoms with E-state index < -0.39 is 0 Å². The SMILES string of the molecule is Cc1nc(N)cc(NCC(O)C(C)C)n1. The van der Waals surface area contributed by atoms with Crippen molar-refractivity contribution in [1.82, 2.24) is 9.97 Å². The monoisotopic (exact) mass is 210 g/mol. The van der Waals surface area contributed by atoms with Crippen molar-refractivity contribution in [1.29, 1.82) is 0 Å². The van der Waals surface area contributed by atoms with Crippen LogP contribution in [0.2, 0.25) is 0 Å². The Morgan fingerprint density at radius 3 is 2.67 bits per heavy atom. The quantitative estimate of drug-likeness (QED) is 0.684. The third-order valence-corrected chi connectivity index (χ3v) is 2.12. The topological polar surface area (TPSA) is 84.1 Å². The molecule has 1 aromatic rings. The van der Waals surface area contributed by atoms with Gasteiger partial charge >= 0.3 is 0 Å². The second-order valence-electron chi connectivity index (χ2n) is 3.92. The van der Waals surface area contributed by atoms with Crippen LogP contribution in [0.5, 0.6) is 0 Å². The summed E-state index contributed by atoms with van der Waals surface area (Å²) < 4.78 is 0. The molecule has 0 saturated heterocycles. The van der Waals surface area contributed by atoms with Gasteiger partial charge in [-0.15, -0.1) is 0 Å². The van der Waals surface area contributed by atoms with Crippen molar-refractivity contribution in [3.05, 3.63) is 11.9 Å². The lowest BCUT2D eigenvalue weighted by Gasteiger charge is -2.15. The number of anilines is 2. The van der Waals surface area contributed by atoms with Gasteiger partial charge in [0, 0.05) is 12.6 Å². The summed E-state index contributed by atoms with van der Waals surface area (Å²) in [6.07, 6.45) is -0.388. The highest BCUT2D eigenvalue weighted by molar-refractivity contribution is 5.44. The van der Waals surface area contributed by atoms with E-state index >= 15 is 0 Å². The summed E-state index contributed by atoms with van der Waals surface area (Å²) >= 11 is 0. The molecule has 0 spiro atoms. The molecule has 0 amide bonds. The molecule has 5 heteroatoms. The van der Waals surface area contributed by atoms with Crippen molar-refractivity contribution in [3.8, 4) is 0 Å². The fraction of sp³-hybridized carbons (Fsp3) is 0.600. The van der Waals surface area contributed by atoms with Crippen LogP contribution in [0.4, 0.5) is 11.6 Å². The van der Waals surface area contributed by atoms with Gasteiger partial charge in [0.1, 0.15) is 17.5 Å². The third kappa shape index (κ3) is 3.71. The number of hydrogen-bond acceptors (Lipinski definition) is 5. The Kier molecular flexibility index (Phi) is 3.85. The molecule has 0 radical (unpaired) electrons. The first-order chi connectivity index (χ1) is 6.99. The summed E-state index contributed by atoms with van der Waals surface area (Å²) in [5.74, 6) is 1.93. The maximum atomic E-state index is 9.59. The number of nitrogen functional groups attached to an aromatic ring is 1. The minimum Gasteiger partial charge on any atom is -0.391 e. The Balaban J connectivity index is 2.57. The normalized spacial score (nSPS) is 12.9. The highest BCUT2D eigenvalue weighted by Crippen LogP contribution is 2.09. The van der Waals surface area contributed by atoms with Crippen molar-refractivity contribution < 1.29 is 5.11 Å². The summed E-state index contributed by atoms with van der Waals surface area (Å²) in [5.41, 5.74) is 5.57. The number of nitrogens with two attached hydrogens (primary N) is 1. The van der Waals surface area contributed by atoms with Crippen molar-refractivity contribution in [2.75, 3.05) is 17.6 Å². The summed E-state index contributed by atoms with van der Waals surface area (Å²) in [6.45, 7) is 6.17. The Labute approximate surface area is 89.7 Å². The van der Waals surface area contributed by atoms with Gasteiger partial charge in [-0.25, -0.2) is 9.97 Å². The molecule has 0 aliphatic carbocycles. The molecule has 1 rings (SSSR count). The molecule has 0 fully saturated rings. The lowest BCUT2D eigenvalue weighted by atomic mass is 10.1. The third-order valence-electron chi connectivity index (χ3n) is 2.12. The number of rotatable bonds is 4. The van der Waals surface area contributed by atoms with Crippen molar-refractivity contribution in [3.63, 3.8) is 0 Å². The molecule has 5 nitrogen and oxygen atoms in total. The lowest BCUT2D eigenvalue weighted by Crippen LogP contribution is -2.25. The lowest BCUT2D eigenvalue weighted by molar-refractivity contribution is 0.138. The Hall–Kier alpha value is -1.36. The number of aromatic nitrogens is 2. The van der Waals surface area contributed by atoms with Crippen molar-refractivity contribution in [2.24, 2.45) is 5.92 Å². The number of nitrogens with zero attached hydrogens (tertiary/aromatic N) is 2. The Bertz CT molecular complexity index is 307. The van der Waals surface area contributed by atoms with Crippen LogP contribution in [-0.2, 0) is 0 Å². The molecule has 0 bridgehead atoms. The van der Waals surface area contributed by atoms with Crippen LogP contribution < -0.4 is 11.1 Å². The van der Waals surface area contributed by atoms with E-state index in [9.17, 15) is 5.11 Å². The average molecular weight is 210 g/mol. The van der Waals surface area contributed by atoms with Crippen LogP contribution >= 0.6 is 0 Å². The van der Waals surface area contributed by atoms with Crippen molar-refractivity contribution >= 4 is 11.6 Å². The van der Waals surface area contributed by atoms with Gasteiger partial charge in [-0.3, -0.25) is 0 Å². The van der Waals surface area contributed by atoms with Crippen LogP contribution in [0.1, 0.15) is 19.7 Å². The molecule has 1 aromatic heterocycles. The molecule has 0 aromatic carbocycles. The van der Waals surface area contributed by atoms with Crippen LogP contribution in [0.25, 0.3) is 0 Å². The molecule has 84 valence electrons. The van der Waals surface area contributed by atoms with Gasteiger partial charge in [-0.1, -0.05) is 13.8 Å². The van der Waals surface area contributed by atoms with Crippen LogP contribution in [0, 0.1) is 12.8 Å². The largest absolute Gasteiger partial charge is 0.391 e. The van der Waals surface area contributed by atoms with Crippen LogP contribution in [-0.4, -0.2) is 27.7 Å². The van der Waals surface area contributed by atoms with Crippen LogP contribution in [0.15, 0.2) is 6.07 Å². The van der Waals surface area contributed by atoms with E-state index in [1.54, 1.807) is 13.0 Å². The molecule has 15 heavy (non-hydrogen) atoms. The molecular formula is C10H18N4O. The van der Waals surface area contributed by atoms with Gasteiger partial charge in [0.25, 0.3) is 0 Å². The highest BCUT2D eigenvalue weighted by Gasteiger charge is 2.09. The predicted octanol–water partition coefficient (Wildman–Crippen LogP) is 0.796. The van der Waals surface area contributed by atoms with Gasteiger partial charge < -0.3 is 16.2 Å². The molecule has 4 N–H and O–H groups in total. The zero-order valence-electron chi connectivity index (χ0n) is 9.36. The van der Waals surface area contributed by atoms with E-state index in [1.165, 1.54) is 0 Å². The summed E-state index contributed by atoms with van der Waals surface area (Å²) in [7, 11) is 0. The maximum absolute atomic E-state index is 9.59. The first kappa shape index (κ1) is 11.7. The molecule has 0 saturated carbocycles. The fourth-order valence-electron chi connectivity index (χ4n) is 1.13. The second-order valence-corrected chi connectivity index (χ2v) is 3.92. The zero-order valence-corrected chi connectivity index (χ0v) is 9.36. The van der Waals surface area contributed by atoms with E-state index in [2.05, 4.69) is 15.3 Å². The number of hydrogen-bond donors (Lipinski definition) is 3. The van der Waals surface area contributed by atoms with Gasteiger partial charge in [0.05, 0.1) is 6.10 Å². The Morgan fingerprint density at radius 1 is 1.47 bits per heavy atom. The molecule has 0 aliphatic heterocycles. The van der Waals surface area contributed by atoms with E-state index in [0.717, 1.165) is 0 Å². The highest BCUT2D eigenvalue weighted by atomic mass is 16.3. The van der Waals surface area contributed by atoms with E-state index in [0.29, 0.717) is 24.0 Å². The summed E-state index contributed by atoms with van der Waals surface area (Å²) in [5, 5.41) is 12.6. The number of nitrogens with one attached hydrogen (secondary N) is 1. The second kappa shape index (κ2) is 4.93. The van der Waals surface area contributed by atoms with E-state index in [-0.39, 0.29) is 12.0 Å². The number of aliphatic hydroxyl groups is 1. The van der Waals surface area contributed by atoms with Gasteiger partial charge in [0.15, 0.2) is 0 Å². The van der Waals surface area contributed by atoms with E-state index in [4.69, 9.17) is 5.73 Å². The summed E-state index contributed by atoms with van der Waals surface area (Å²) in [6, 6.07) is 1.65. The zero-order chi connectivity index (χ0) is 11.4. The van der Waals surface area contributed by atoms with Gasteiger partial charge in [0.2, 0.25) is 0 Å². The molecule has 1 atom stereocenters. The predicted molar refractivity (Wildman–Crippen MR) is 60.5 cm³/mol. The smallest absolute Gasteiger partial charge is 0.131 e. The first-order valence-electron chi connectivity index (χ1n) is 5.02. The fourth-order valence-corrected chi connectivity index (χ4v) is 1.13. The standard InChI is InChI=1S/C10H18N4O/c1-6(2)8(15)5-12-10-4-9(11)13-7(3)14-10/h4,6,8,15H,5H2,1-3H3,(H3,11,12,13,14). The molecular weight excluding hydrogens is 192 g/mol. The molecule has 0 aliphatic rings. The van der Waals surface area contributed by atoms with Gasteiger partial charge in [-0.2, -0.15) is 0 Å². The van der Waals surface area contributed by atoms with Crippen LogP contribution in [0.3, 0.4) is 0 Å². The van der Waals surface area contributed by atoms with E-state index in [1.807, 2.05) is 13.8 Å².